The molecule has 0 saturated carbocycles. The molecule has 32 heavy (non-hydrogen) atoms. The number of para-hydroxylation sites is 1. The minimum absolute atomic E-state index is 0.0894. The van der Waals surface area contributed by atoms with Crippen molar-refractivity contribution >= 4 is 11.6 Å². The number of benzene rings is 1. The van der Waals surface area contributed by atoms with E-state index >= 15 is 0 Å². The van der Waals surface area contributed by atoms with E-state index in [-0.39, 0.29) is 6.03 Å². The molecule has 2 amide bonds. The van der Waals surface area contributed by atoms with E-state index in [0.29, 0.717) is 32.6 Å². The predicted molar refractivity (Wildman–Crippen MR) is 124 cm³/mol. The number of carbonyl (C=O) groups is 1. The van der Waals surface area contributed by atoms with Gasteiger partial charge in [0, 0.05) is 56.7 Å². The summed E-state index contributed by atoms with van der Waals surface area (Å²) in [4.78, 5) is 20.8. The van der Waals surface area contributed by atoms with Gasteiger partial charge in [0.1, 0.15) is 5.75 Å². The van der Waals surface area contributed by atoms with Crippen molar-refractivity contribution in [3.05, 3.63) is 65.0 Å². The maximum absolute atomic E-state index is 12.5. The van der Waals surface area contributed by atoms with Gasteiger partial charge in [0.15, 0.2) is 0 Å². The van der Waals surface area contributed by atoms with Crippen molar-refractivity contribution in [3.8, 4) is 5.75 Å². The number of aliphatic hydroxyl groups excluding tert-OH is 1. The molecule has 3 heterocycles. The van der Waals surface area contributed by atoms with Crippen LogP contribution in [0.3, 0.4) is 0 Å². The van der Waals surface area contributed by atoms with Crippen LogP contribution in [0.4, 0.5) is 4.79 Å². The van der Waals surface area contributed by atoms with E-state index in [9.17, 15) is 9.90 Å². The van der Waals surface area contributed by atoms with Crippen LogP contribution in [0.1, 0.15) is 35.2 Å². The molecule has 0 fully saturated rings. The van der Waals surface area contributed by atoms with Crippen molar-refractivity contribution in [3.63, 3.8) is 0 Å². The Morgan fingerprint density at radius 1 is 1.28 bits per heavy atom. The van der Waals surface area contributed by atoms with E-state index < -0.39 is 6.10 Å². The number of aromatic nitrogens is 1. The molecule has 0 unspecified atom stereocenters. The minimum Gasteiger partial charge on any atom is -0.496 e. The lowest BCUT2D eigenvalue weighted by Crippen LogP contribution is -2.40. The summed E-state index contributed by atoms with van der Waals surface area (Å²) in [7, 11) is 1.70. The number of rotatable bonds is 7. The predicted octanol–water partition coefficient (Wildman–Crippen LogP) is 2.96. The number of fused-ring (bicyclic) bond motifs is 1. The van der Waals surface area contributed by atoms with Crippen LogP contribution < -0.4 is 10.1 Å². The van der Waals surface area contributed by atoms with Crippen LogP contribution in [0.15, 0.2) is 42.6 Å². The fourth-order valence-corrected chi connectivity index (χ4v) is 4.42. The molecule has 7 nitrogen and oxygen atoms in total. The molecule has 2 aliphatic rings. The summed E-state index contributed by atoms with van der Waals surface area (Å²) in [5.41, 5.74) is 5.68. The Hall–Kier alpha value is -2.90. The summed E-state index contributed by atoms with van der Waals surface area (Å²) >= 11 is 0. The molecule has 0 radical (unpaired) electrons. The summed E-state index contributed by atoms with van der Waals surface area (Å²) in [6, 6.07) is 10.0. The van der Waals surface area contributed by atoms with E-state index in [2.05, 4.69) is 27.3 Å². The highest BCUT2D eigenvalue weighted by Gasteiger charge is 2.24. The van der Waals surface area contributed by atoms with Crippen molar-refractivity contribution < 1.29 is 14.6 Å². The van der Waals surface area contributed by atoms with Gasteiger partial charge in [-0.3, -0.25) is 9.88 Å². The minimum atomic E-state index is -0.473. The second-order valence-corrected chi connectivity index (χ2v) is 8.56. The molecule has 0 bridgehead atoms. The largest absolute Gasteiger partial charge is 0.496 e. The molecular formula is C25H32N4O3. The molecule has 1 atom stereocenters. The van der Waals surface area contributed by atoms with Crippen LogP contribution in [-0.2, 0) is 13.1 Å². The van der Waals surface area contributed by atoms with E-state index in [1.54, 1.807) is 12.0 Å². The number of aryl methyl sites for hydroxylation is 1. The van der Waals surface area contributed by atoms with Gasteiger partial charge in [0.25, 0.3) is 0 Å². The molecule has 2 aromatic rings. The van der Waals surface area contributed by atoms with Crippen LogP contribution in [0, 0.1) is 6.92 Å². The Morgan fingerprint density at radius 2 is 2.09 bits per heavy atom. The highest BCUT2D eigenvalue weighted by Crippen LogP contribution is 2.30. The zero-order chi connectivity index (χ0) is 22.5. The molecule has 0 spiro atoms. The second kappa shape index (κ2) is 10.1. The number of carbonyl (C=O) groups excluding carboxylic acids is 1. The maximum atomic E-state index is 12.5. The number of amides is 2. The van der Waals surface area contributed by atoms with Gasteiger partial charge in [0.2, 0.25) is 0 Å². The van der Waals surface area contributed by atoms with Crippen molar-refractivity contribution in [2.24, 2.45) is 0 Å². The lowest BCUT2D eigenvalue weighted by atomic mass is 9.98. The van der Waals surface area contributed by atoms with Gasteiger partial charge >= 0.3 is 6.03 Å². The molecule has 170 valence electrons. The molecular weight excluding hydrogens is 404 g/mol. The first-order valence-corrected chi connectivity index (χ1v) is 11.2. The number of nitrogens with one attached hydrogen (secondary N) is 1. The molecule has 1 aromatic carbocycles. The fourth-order valence-electron chi connectivity index (χ4n) is 4.42. The van der Waals surface area contributed by atoms with Crippen molar-refractivity contribution in [2.75, 3.05) is 33.3 Å². The number of β-amino-alcohol motifs (C(OH)–C–C–N with tert-alkyl or cyclic N) is 1. The van der Waals surface area contributed by atoms with E-state index in [4.69, 9.17) is 4.74 Å². The molecule has 4 rings (SSSR count). The van der Waals surface area contributed by atoms with Gasteiger partial charge in [-0.15, -0.1) is 0 Å². The Bertz CT molecular complexity index is 991. The monoisotopic (exact) mass is 436 g/mol. The van der Waals surface area contributed by atoms with E-state index in [1.165, 1.54) is 11.1 Å². The Labute approximate surface area is 189 Å². The van der Waals surface area contributed by atoms with Crippen LogP contribution in [-0.4, -0.2) is 65.3 Å². The third-order valence-corrected chi connectivity index (χ3v) is 6.20. The van der Waals surface area contributed by atoms with Gasteiger partial charge in [-0.05, 0) is 48.6 Å². The normalized spacial score (nSPS) is 17.0. The number of hydrogen-bond donors (Lipinski definition) is 2. The van der Waals surface area contributed by atoms with Gasteiger partial charge in [-0.2, -0.15) is 0 Å². The van der Waals surface area contributed by atoms with Gasteiger partial charge in [-0.1, -0.05) is 24.3 Å². The van der Waals surface area contributed by atoms with Gasteiger partial charge in [0.05, 0.1) is 13.2 Å². The number of aliphatic hydroxyl groups is 1. The highest BCUT2D eigenvalue weighted by atomic mass is 16.5. The molecule has 1 aromatic heterocycles. The van der Waals surface area contributed by atoms with Gasteiger partial charge in [-0.25, -0.2) is 4.79 Å². The third kappa shape index (κ3) is 5.29. The summed E-state index contributed by atoms with van der Waals surface area (Å²) < 4.78 is 5.48. The van der Waals surface area contributed by atoms with Crippen molar-refractivity contribution in [1.29, 1.82) is 0 Å². The molecule has 2 aliphatic heterocycles. The van der Waals surface area contributed by atoms with E-state index in [1.807, 2.05) is 37.4 Å². The van der Waals surface area contributed by atoms with Crippen LogP contribution in [0.25, 0.3) is 5.57 Å². The van der Waals surface area contributed by atoms with Crippen molar-refractivity contribution in [1.82, 2.24) is 20.1 Å². The Balaban J connectivity index is 1.19. The number of pyridine rings is 1. The van der Waals surface area contributed by atoms with Crippen LogP contribution in [0.2, 0.25) is 0 Å². The van der Waals surface area contributed by atoms with Crippen LogP contribution in [0.5, 0.6) is 5.75 Å². The zero-order valence-electron chi connectivity index (χ0n) is 18.9. The number of nitrogens with zero attached hydrogens (tertiary/aromatic N) is 3. The summed E-state index contributed by atoms with van der Waals surface area (Å²) in [6.07, 6.45) is 5.06. The lowest BCUT2D eigenvalue weighted by molar-refractivity contribution is 0.110. The van der Waals surface area contributed by atoms with Gasteiger partial charge < -0.3 is 20.1 Å². The molecule has 0 saturated heterocycles. The first kappa shape index (κ1) is 22.3. The van der Waals surface area contributed by atoms with Crippen molar-refractivity contribution in [2.45, 2.75) is 39.0 Å². The van der Waals surface area contributed by atoms with Crippen LogP contribution >= 0.6 is 0 Å². The topological polar surface area (TPSA) is 77.9 Å². The maximum Gasteiger partial charge on any atom is 0.318 e. The quantitative estimate of drug-likeness (QED) is 0.698. The molecule has 0 aliphatic carbocycles. The molecule has 2 N–H and O–H groups in total. The number of ether oxygens (including phenoxy) is 1. The number of hydrogen-bond acceptors (Lipinski definition) is 5. The second-order valence-electron chi connectivity index (χ2n) is 8.56. The first-order valence-electron chi connectivity index (χ1n) is 11.2. The Morgan fingerprint density at radius 3 is 2.88 bits per heavy atom. The standard InChI is InChI=1S/C25H32N4O3/c1-18-13-20-15-29(16-21(20)14-27-18)25(31)26-10-7-22(30)17-28-11-8-19(9-12-28)23-5-3-4-6-24(23)32-2/h3-6,8,13-14,22,30H,7,9-12,15-17H2,1-2H3,(H,26,31)/t22-/m1/s1. The lowest BCUT2D eigenvalue weighted by Gasteiger charge is -2.29. The SMILES string of the molecule is COc1ccccc1C1=CCN(C[C@H](O)CCNC(=O)N2Cc3cnc(C)cc3C2)CC1. The highest BCUT2D eigenvalue weighted by molar-refractivity contribution is 5.75. The first-order chi connectivity index (χ1) is 15.5. The summed E-state index contributed by atoms with van der Waals surface area (Å²) in [5.74, 6) is 0.899. The molecule has 7 heteroatoms. The fraction of sp³-hybridized carbons (Fsp3) is 0.440. The zero-order valence-corrected chi connectivity index (χ0v) is 18.9. The average Bonchev–Trinajstić information content (AvgIpc) is 3.23. The average molecular weight is 437 g/mol. The number of urea groups is 1. The third-order valence-electron chi connectivity index (χ3n) is 6.20. The summed E-state index contributed by atoms with van der Waals surface area (Å²) in [6.45, 7) is 5.92. The smallest absolute Gasteiger partial charge is 0.318 e. The Kier molecular flexibility index (Phi) is 7.07. The number of methoxy groups -OCH3 is 1. The van der Waals surface area contributed by atoms with E-state index in [0.717, 1.165) is 42.1 Å². The summed E-state index contributed by atoms with van der Waals surface area (Å²) in [5, 5.41) is 13.4.